The van der Waals surface area contributed by atoms with Gasteiger partial charge in [-0.1, -0.05) is 20.8 Å². The first-order valence-electron chi connectivity index (χ1n) is 7.16. The van der Waals surface area contributed by atoms with E-state index >= 15 is 0 Å². The molecule has 1 aliphatic heterocycles. The van der Waals surface area contributed by atoms with Gasteiger partial charge in [0.05, 0.1) is 22.7 Å². The Morgan fingerprint density at radius 3 is 2.67 bits per heavy atom. The first kappa shape index (κ1) is 15.9. The molecule has 0 spiro atoms. The van der Waals surface area contributed by atoms with E-state index in [2.05, 4.69) is 25.8 Å². The summed E-state index contributed by atoms with van der Waals surface area (Å²) in [5.74, 6) is -1.45. The van der Waals surface area contributed by atoms with Crippen LogP contribution in [0.2, 0.25) is 0 Å². The SMILES string of the molecule is CN1C(=O)CCCC(C(=O)O)C1c1csc(C(C)(C)C)n1. The molecule has 1 saturated heterocycles. The number of carbonyl (C=O) groups excluding carboxylic acids is 1. The molecule has 21 heavy (non-hydrogen) atoms. The van der Waals surface area contributed by atoms with Crippen LogP contribution in [0.25, 0.3) is 0 Å². The monoisotopic (exact) mass is 310 g/mol. The van der Waals surface area contributed by atoms with E-state index in [9.17, 15) is 14.7 Å². The maximum Gasteiger partial charge on any atom is 0.309 e. The summed E-state index contributed by atoms with van der Waals surface area (Å²) in [4.78, 5) is 29.9. The Morgan fingerprint density at radius 1 is 1.48 bits per heavy atom. The molecule has 0 aromatic carbocycles. The normalized spacial score (nSPS) is 24.0. The Balaban J connectivity index is 2.41. The van der Waals surface area contributed by atoms with Crippen LogP contribution in [0.4, 0.5) is 0 Å². The van der Waals surface area contributed by atoms with Gasteiger partial charge in [-0.15, -0.1) is 11.3 Å². The molecule has 2 rings (SSSR count). The lowest BCUT2D eigenvalue weighted by Gasteiger charge is -2.29. The zero-order valence-electron chi connectivity index (χ0n) is 12.9. The predicted molar refractivity (Wildman–Crippen MR) is 81.3 cm³/mol. The van der Waals surface area contributed by atoms with Crippen molar-refractivity contribution in [3.8, 4) is 0 Å². The van der Waals surface area contributed by atoms with Gasteiger partial charge in [0.2, 0.25) is 5.91 Å². The van der Waals surface area contributed by atoms with E-state index in [1.807, 2.05) is 5.38 Å². The fourth-order valence-electron chi connectivity index (χ4n) is 2.66. The summed E-state index contributed by atoms with van der Waals surface area (Å²) in [6.07, 6.45) is 1.54. The van der Waals surface area contributed by atoms with E-state index in [0.717, 1.165) is 5.01 Å². The van der Waals surface area contributed by atoms with Crippen LogP contribution in [0, 0.1) is 5.92 Å². The smallest absolute Gasteiger partial charge is 0.309 e. The number of carbonyl (C=O) groups is 2. The number of aliphatic carboxylic acids is 1. The van der Waals surface area contributed by atoms with Gasteiger partial charge in [0.25, 0.3) is 0 Å². The van der Waals surface area contributed by atoms with Crippen molar-refractivity contribution in [1.82, 2.24) is 9.88 Å². The van der Waals surface area contributed by atoms with Gasteiger partial charge in [-0.2, -0.15) is 0 Å². The fraction of sp³-hybridized carbons (Fsp3) is 0.667. The van der Waals surface area contributed by atoms with Crippen LogP contribution in [-0.2, 0) is 15.0 Å². The molecule has 0 saturated carbocycles. The molecule has 5 nitrogen and oxygen atoms in total. The molecule has 0 bridgehead atoms. The van der Waals surface area contributed by atoms with Crippen LogP contribution in [0.3, 0.4) is 0 Å². The second-order valence-electron chi connectivity index (χ2n) is 6.61. The largest absolute Gasteiger partial charge is 0.481 e. The van der Waals surface area contributed by atoms with Crippen molar-refractivity contribution in [2.45, 2.75) is 51.5 Å². The number of thiazole rings is 1. The summed E-state index contributed by atoms with van der Waals surface area (Å²) in [7, 11) is 1.68. The minimum absolute atomic E-state index is 0.00550. The van der Waals surface area contributed by atoms with Crippen molar-refractivity contribution >= 4 is 23.2 Å². The summed E-state index contributed by atoms with van der Waals surface area (Å²) in [6, 6.07) is -0.468. The number of nitrogens with zero attached hydrogens (tertiary/aromatic N) is 2. The van der Waals surface area contributed by atoms with E-state index in [1.165, 1.54) is 11.3 Å². The Labute approximate surface area is 129 Å². The molecular formula is C15H22N2O3S. The molecule has 6 heteroatoms. The molecule has 2 atom stereocenters. The van der Waals surface area contributed by atoms with Gasteiger partial charge in [0, 0.05) is 24.3 Å². The van der Waals surface area contributed by atoms with Crippen LogP contribution in [0.15, 0.2) is 5.38 Å². The maximum absolute atomic E-state index is 12.1. The lowest BCUT2D eigenvalue weighted by Crippen LogP contribution is -2.36. The molecule has 0 radical (unpaired) electrons. The third-order valence-electron chi connectivity index (χ3n) is 3.88. The molecule has 2 unspecified atom stereocenters. The third-order valence-corrected chi connectivity index (χ3v) is 5.17. The van der Waals surface area contributed by atoms with Crippen LogP contribution < -0.4 is 0 Å². The van der Waals surface area contributed by atoms with E-state index < -0.39 is 17.9 Å². The number of likely N-dealkylation sites (tertiary alicyclic amines) is 1. The van der Waals surface area contributed by atoms with E-state index in [0.29, 0.717) is 25.0 Å². The minimum atomic E-state index is -0.855. The number of amides is 1. The Morgan fingerprint density at radius 2 is 2.14 bits per heavy atom. The number of carboxylic acid groups (broad SMARTS) is 1. The summed E-state index contributed by atoms with van der Waals surface area (Å²) in [5.41, 5.74) is 0.629. The molecule has 1 aliphatic rings. The van der Waals surface area contributed by atoms with Crippen molar-refractivity contribution in [2.75, 3.05) is 7.05 Å². The average molecular weight is 310 g/mol. The first-order chi connectivity index (χ1) is 9.71. The van der Waals surface area contributed by atoms with Crippen molar-refractivity contribution in [2.24, 2.45) is 5.92 Å². The highest BCUT2D eigenvalue weighted by molar-refractivity contribution is 7.09. The van der Waals surface area contributed by atoms with Gasteiger partial charge >= 0.3 is 5.97 Å². The Bertz CT molecular complexity index is 547. The fourth-order valence-corrected chi connectivity index (χ4v) is 3.60. The van der Waals surface area contributed by atoms with Gasteiger partial charge in [-0.3, -0.25) is 9.59 Å². The standard InChI is InChI=1S/C15H22N2O3S/c1-15(2,3)14-16-10(8-21-14)12-9(13(19)20)6-5-7-11(18)17(12)4/h8-9,12H,5-7H2,1-4H3,(H,19,20). The molecule has 1 aromatic rings. The average Bonchev–Trinajstić information content (AvgIpc) is 2.80. The molecule has 1 fully saturated rings. The molecule has 1 amide bonds. The van der Waals surface area contributed by atoms with Crippen molar-refractivity contribution < 1.29 is 14.7 Å². The zero-order valence-corrected chi connectivity index (χ0v) is 13.7. The highest BCUT2D eigenvalue weighted by Gasteiger charge is 2.38. The van der Waals surface area contributed by atoms with Crippen LogP contribution in [0.5, 0.6) is 0 Å². The van der Waals surface area contributed by atoms with Crippen molar-refractivity contribution in [3.63, 3.8) is 0 Å². The number of rotatable bonds is 2. The number of carboxylic acids is 1. The van der Waals surface area contributed by atoms with Gasteiger partial charge in [-0.05, 0) is 12.8 Å². The quantitative estimate of drug-likeness (QED) is 0.912. The number of aromatic nitrogens is 1. The summed E-state index contributed by atoms with van der Waals surface area (Å²) < 4.78 is 0. The highest BCUT2D eigenvalue weighted by Crippen LogP contribution is 2.37. The van der Waals surface area contributed by atoms with Gasteiger partial charge < -0.3 is 10.0 Å². The van der Waals surface area contributed by atoms with E-state index in [4.69, 9.17) is 0 Å². The predicted octanol–water partition coefficient (Wildman–Crippen LogP) is 2.82. The molecule has 1 aromatic heterocycles. The zero-order chi connectivity index (χ0) is 15.8. The lowest BCUT2D eigenvalue weighted by atomic mass is 9.92. The number of hydrogen-bond donors (Lipinski definition) is 1. The summed E-state index contributed by atoms with van der Waals surface area (Å²) in [5, 5.41) is 12.4. The topological polar surface area (TPSA) is 70.5 Å². The van der Waals surface area contributed by atoms with Gasteiger partial charge in [0.1, 0.15) is 0 Å². The lowest BCUT2D eigenvalue weighted by molar-refractivity contribution is -0.145. The Kier molecular flexibility index (Phi) is 4.37. The first-order valence-corrected chi connectivity index (χ1v) is 8.04. The van der Waals surface area contributed by atoms with Crippen molar-refractivity contribution in [3.05, 3.63) is 16.1 Å². The Hall–Kier alpha value is -1.43. The third kappa shape index (κ3) is 3.26. The molecule has 116 valence electrons. The summed E-state index contributed by atoms with van der Waals surface area (Å²) in [6.45, 7) is 6.23. The molecular weight excluding hydrogens is 288 g/mol. The minimum Gasteiger partial charge on any atom is -0.481 e. The van der Waals surface area contributed by atoms with Gasteiger partial charge in [-0.25, -0.2) is 4.98 Å². The van der Waals surface area contributed by atoms with Gasteiger partial charge in [0.15, 0.2) is 0 Å². The highest BCUT2D eigenvalue weighted by atomic mass is 32.1. The van der Waals surface area contributed by atoms with Crippen LogP contribution >= 0.6 is 11.3 Å². The molecule has 2 heterocycles. The second-order valence-corrected chi connectivity index (χ2v) is 7.47. The van der Waals surface area contributed by atoms with Crippen LogP contribution in [0.1, 0.15) is 56.8 Å². The maximum atomic E-state index is 12.1. The molecule has 0 aliphatic carbocycles. The van der Waals surface area contributed by atoms with Crippen molar-refractivity contribution in [1.29, 1.82) is 0 Å². The molecule has 1 N–H and O–H groups in total. The van der Waals surface area contributed by atoms with Crippen LogP contribution in [-0.4, -0.2) is 33.9 Å². The second kappa shape index (κ2) is 5.75. The summed E-state index contributed by atoms with van der Waals surface area (Å²) >= 11 is 1.53. The number of hydrogen-bond acceptors (Lipinski definition) is 4. The van der Waals surface area contributed by atoms with E-state index in [1.54, 1.807) is 11.9 Å². The van der Waals surface area contributed by atoms with E-state index in [-0.39, 0.29) is 11.3 Å².